The average molecular weight is 487 g/mol. The van der Waals surface area contributed by atoms with Gasteiger partial charge in [-0.1, -0.05) is 29.4 Å². The highest BCUT2D eigenvalue weighted by atomic mass is 19.1. The molecule has 4 aromatic rings. The van der Waals surface area contributed by atoms with Crippen molar-refractivity contribution in [2.75, 3.05) is 18.2 Å². The van der Waals surface area contributed by atoms with Gasteiger partial charge in [-0.15, -0.1) is 0 Å². The summed E-state index contributed by atoms with van der Waals surface area (Å²) in [5, 5.41) is 18.0. The summed E-state index contributed by atoms with van der Waals surface area (Å²) in [6.07, 6.45) is 4.13. The quantitative estimate of drug-likeness (QED) is 0.261. The Hall–Kier alpha value is -5.06. The van der Waals surface area contributed by atoms with E-state index in [1.807, 2.05) is 0 Å². The first kappa shape index (κ1) is 24.1. The van der Waals surface area contributed by atoms with Gasteiger partial charge in [-0.05, 0) is 30.3 Å². The molecule has 0 saturated heterocycles. The average Bonchev–Trinajstić information content (AvgIpc) is 3.43. The summed E-state index contributed by atoms with van der Waals surface area (Å²) in [6.45, 7) is 0.150. The van der Waals surface area contributed by atoms with E-state index in [9.17, 15) is 9.18 Å². The van der Waals surface area contributed by atoms with Crippen LogP contribution in [0.3, 0.4) is 0 Å². The normalized spacial score (nSPS) is 11.1. The van der Waals surface area contributed by atoms with Crippen LogP contribution in [-0.2, 0) is 6.54 Å². The van der Waals surface area contributed by atoms with Crippen molar-refractivity contribution in [3.05, 3.63) is 102 Å². The molecule has 0 aliphatic rings. The van der Waals surface area contributed by atoms with Gasteiger partial charge in [0.15, 0.2) is 11.6 Å². The van der Waals surface area contributed by atoms with E-state index < -0.39 is 5.91 Å². The maximum Gasteiger partial charge on any atom is 0.255 e. The van der Waals surface area contributed by atoms with Gasteiger partial charge >= 0.3 is 0 Å². The number of aromatic nitrogens is 3. The van der Waals surface area contributed by atoms with E-state index in [0.29, 0.717) is 28.3 Å². The van der Waals surface area contributed by atoms with Crippen LogP contribution in [0.15, 0.2) is 77.7 Å². The van der Waals surface area contributed by atoms with Gasteiger partial charge in [-0.2, -0.15) is 0 Å². The standard InChI is InChI=1S/C25H22FN7O3/c1-35-17-7-4-6-15(11-17)25(34)31-22-14-30-24(32-23(22)28)19(27)12-21(20-9-10-36-33-20)29-13-16-5-2-3-8-18(16)26/h2-12,14,27,29H,13H2,1H3,(H,31,34)(H2,28,30,32)/b21-12-,27-19?. The lowest BCUT2D eigenvalue weighted by Gasteiger charge is -2.11. The Morgan fingerprint density at radius 2 is 2.06 bits per heavy atom. The van der Waals surface area contributed by atoms with Gasteiger partial charge in [0.2, 0.25) is 0 Å². The maximum atomic E-state index is 14.0. The van der Waals surface area contributed by atoms with Crippen molar-refractivity contribution >= 4 is 28.8 Å². The molecular weight excluding hydrogens is 465 g/mol. The maximum absolute atomic E-state index is 14.0. The Labute approximate surface area is 205 Å². The number of nitrogen functional groups attached to an aromatic ring is 1. The molecule has 10 nitrogen and oxygen atoms in total. The molecule has 0 bridgehead atoms. The highest BCUT2D eigenvalue weighted by Crippen LogP contribution is 2.19. The first-order chi connectivity index (χ1) is 17.4. The zero-order valence-corrected chi connectivity index (χ0v) is 19.2. The molecule has 2 aromatic heterocycles. The summed E-state index contributed by atoms with van der Waals surface area (Å²) < 4.78 is 24.1. The monoisotopic (exact) mass is 487 g/mol. The van der Waals surface area contributed by atoms with Crippen LogP contribution in [0.2, 0.25) is 0 Å². The van der Waals surface area contributed by atoms with Gasteiger partial charge in [0.05, 0.1) is 19.0 Å². The van der Waals surface area contributed by atoms with Gasteiger partial charge in [0, 0.05) is 23.7 Å². The molecule has 0 radical (unpaired) electrons. The number of carbonyl (C=O) groups excluding carboxylic acids is 1. The molecule has 0 unspecified atom stereocenters. The van der Waals surface area contributed by atoms with Crippen molar-refractivity contribution in [1.82, 2.24) is 20.4 Å². The van der Waals surface area contributed by atoms with Crippen molar-refractivity contribution in [1.29, 1.82) is 5.41 Å². The zero-order valence-electron chi connectivity index (χ0n) is 19.2. The second-order valence-electron chi connectivity index (χ2n) is 7.48. The SMILES string of the molecule is COc1cccc(C(=O)Nc2cnc(C(=N)/C=C(\NCc3ccccc3F)c3ccon3)nc2N)c1. The predicted octanol–water partition coefficient (Wildman–Crippen LogP) is 3.65. The number of nitrogens with one attached hydrogen (secondary N) is 3. The fraction of sp³-hybridized carbons (Fsp3) is 0.0800. The van der Waals surface area contributed by atoms with Crippen molar-refractivity contribution in [3.8, 4) is 5.75 Å². The number of hydrogen-bond acceptors (Lipinski definition) is 9. The largest absolute Gasteiger partial charge is 0.497 e. The summed E-state index contributed by atoms with van der Waals surface area (Å²) >= 11 is 0. The minimum absolute atomic E-state index is 0.0144. The van der Waals surface area contributed by atoms with E-state index in [4.69, 9.17) is 20.4 Å². The van der Waals surface area contributed by atoms with Crippen molar-refractivity contribution in [2.45, 2.75) is 6.54 Å². The molecule has 11 heteroatoms. The summed E-state index contributed by atoms with van der Waals surface area (Å²) in [6, 6.07) is 14.6. The molecule has 2 heterocycles. The van der Waals surface area contributed by atoms with Crippen LogP contribution in [-0.4, -0.2) is 33.9 Å². The van der Waals surface area contributed by atoms with Crippen molar-refractivity contribution in [3.63, 3.8) is 0 Å². The Kier molecular flexibility index (Phi) is 7.30. The van der Waals surface area contributed by atoms with Gasteiger partial charge in [-0.3, -0.25) is 10.2 Å². The summed E-state index contributed by atoms with van der Waals surface area (Å²) in [4.78, 5) is 20.9. The van der Waals surface area contributed by atoms with Gasteiger partial charge in [0.25, 0.3) is 5.91 Å². The first-order valence-corrected chi connectivity index (χ1v) is 10.7. The second-order valence-corrected chi connectivity index (χ2v) is 7.48. The van der Waals surface area contributed by atoms with E-state index >= 15 is 0 Å². The smallest absolute Gasteiger partial charge is 0.255 e. The molecule has 182 valence electrons. The Morgan fingerprint density at radius 3 is 2.78 bits per heavy atom. The highest BCUT2D eigenvalue weighted by molar-refractivity contribution is 6.09. The number of benzene rings is 2. The number of amides is 1. The third-order valence-electron chi connectivity index (χ3n) is 5.07. The molecule has 0 aliphatic heterocycles. The number of hydrogen-bond donors (Lipinski definition) is 4. The highest BCUT2D eigenvalue weighted by Gasteiger charge is 2.14. The molecule has 0 atom stereocenters. The Morgan fingerprint density at radius 1 is 1.22 bits per heavy atom. The van der Waals surface area contributed by atoms with Gasteiger partial charge in [-0.25, -0.2) is 14.4 Å². The molecule has 5 N–H and O–H groups in total. The van der Waals surface area contributed by atoms with Gasteiger partial charge < -0.3 is 25.6 Å². The van der Waals surface area contributed by atoms with Gasteiger partial charge in [0.1, 0.15) is 34.9 Å². The third kappa shape index (κ3) is 5.70. The second kappa shape index (κ2) is 10.9. The molecule has 2 aromatic carbocycles. The van der Waals surface area contributed by atoms with Crippen LogP contribution in [0.5, 0.6) is 5.75 Å². The predicted molar refractivity (Wildman–Crippen MR) is 132 cm³/mol. The van der Waals surface area contributed by atoms with E-state index in [1.165, 1.54) is 31.7 Å². The first-order valence-electron chi connectivity index (χ1n) is 10.7. The lowest BCUT2D eigenvalue weighted by atomic mass is 10.2. The fourth-order valence-electron chi connectivity index (χ4n) is 3.19. The van der Waals surface area contributed by atoms with Crippen LogP contribution >= 0.6 is 0 Å². The Balaban J connectivity index is 1.51. The molecule has 4 rings (SSSR count). The molecule has 0 fully saturated rings. The summed E-state index contributed by atoms with van der Waals surface area (Å²) in [5.74, 6) is -0.244. The van der Waals surface area contributed by atoms with E-state index in [0.717, 1.165) is 0 Å². The topological polar surface area (TPSA) is 152 Å². The summed E-state index contributed by atoms with van der Waals surface area (Å²) in [5.41, 5.74) is 7.74. The van der Waals surface area contributed by atoms with Crippen molar-refractivity contribution in [2.24, 2.45) is 0 Å². The summed E-state index contributed by atoms with van der Waals surface area (Å²) in [7, 11) is 1.51. The number of nitrogens with two attached hydrogens (primary N) is 1. The number of nitrogens with zero attached hydrogens (tertiary/aromatic N) is 3. The van der Waals surface area contributed by atoms with Crippen LogP contribution in [0.4, 0.5) is 15.9 Å². The molecule has 0 spiro atoms. The van der Waals surface area contributed by atoms with Crippen LogP contribution in [0, 0.1) is 11.2 Å². The molecular formula is C25H22FN7O3. The van der Waals surface area contributed by atoms with Crippen LogP contribution in [0.25, 0.3) is 5.70 Å². The van der Waals surface area contributed by atoms with Crippen molar-refractivity contribution < 1.29 is 18.4 Å². The Bertz CT molecular complexity index is 1420. The van der Waals surface area contributed by atoms with E-state index in [1.54, 1.807) is 48.5 Å². The lowest BCUT2D eigenvalue weighted by molar-refractivity contribution is 0.102. The fourth-order valence-corrected chi connectivity index (χ4v) is 3.19. The molecule has 1 amide bonds. The lowest BCUT2D eigenvalue weighted by Crippen LogP contribution is -2.17. The number of carbonyl (C=O) groups is 1. The third-order valence-corrected chi connectivity index (χ3v) is 5.07. The van der Waals surface area contributed by atoms with Crippen LogP contribution in [0.1, 0.15) is 27.4 Å². The number of allylic oxidation sites excluding steroid dienone is 1. The molecule has 36 heavy (non-hydrogen) atoms. The molecule has 0 aliphatic carbocycles. The number of halogens is 1. The zero-order chi connectivity index (χ0) is 25.5. The number of ether oxygens (including phenoxy) is 1. The van der Waals surface area contributed by atoms with E-state index in [2.05, 4.69) is 25.8 Å². The molecule has 0 saturated carbocycles. The number of methoxy groups -OCH3 is 1. The van der Waals surface area contributed by atoms with Crippen LogP contribution < -0.4 is 21.1 Å². The van der Waals surface area contributed by atoms with E-state index in [-0.39, 0.29) is 35.4 Å². The minimum Gasteiger partial charge on any atom is -0.497 e. The number of anilines is 2. The minimum atomic E-state index is -0.419. The number of rotatable bonds is 9.